The summed E-state index contributed by atoms with van der Waals surface area (Å²) in [5.74, 6) is 0.638. The molecule has 0 saturated heterocycles. The number of rotatable bonds is 5. The van der Waals surface area contributed by atoms with Crippen molar-refractivity contribution < 1.29 is 5.11 Å². The van der Waals surface area contributed by atoms with Crippen molar-refractivity contribution in [1.29, 1.82) is 0 Å². The fourth-order valence-electron chi connectivity index (χ4n) is 1.09. The van der Waals surface area contributed by atoms with E-state index in [2.05, 4.69) is 15.3 Å². The van der Waals surface area contributed by atoms with Gasteiger partial charge in [-0.2, -0.15) is 0 Å². The zero-order valence-corrected chi connectivity index (χ0v) is 8.56. The molecule has 0 spiro atoms. The molecule has 0 saturated carbocycles. The predicted molar refractivity (Wildman–Crippen MR) is 55.2 cm³/mol. The van der Waals surface area contributed by atoms with Gasteiger partial charge in [0.15, 0.2) is 0 Å². The van der Waals surface area contributed by atoms with Crippen LogP contribution in [-0.2, 0) is 6.54 Å². The van der Waals surface area contributed by atoms with Crippen LogP contribution in [0.2, 0.25) is 0 Å². The molecule has 2 N–H and O–H groups in total. The molecule has 0 aromatic carbocycles. The first-order chi connectivity index (χ1) is 6.77. The average molecular weight is 196 g/mol. The number of likely N-dealkylation sites (N-methyl/N-ethyl adjacent to an activating group) is 1. The summed E-state index contributed by atoms with van der Waals surface area (Å²) < 4.78 is 0. The highest BCUT2D eigenvalue weighted by molar-refractivity contribution is 5.28. The third kappa shape index (κ3) is 2.93. The summed E-state index contributed by atoms with van der Waals surface area (Å²) in [5, 5.41) is 11.8. The van der Waals surface area contributed by atoms with E-state index in [1.807, 2.05) is 19.0 Å². The zero-order chi connectivity index (χ0) is 10.4. The molecule has 0 aliphatic carbocycles. The van der Waals surface area contributed by atoms with E-state index in [0.717, 1.165) is 12.1 Å². The molecule has 0 amide bonds. The van der Waals surface area contributed by atoms with E-state index in [1.165, 1.54) is 0 Å². The Morgan fingerprint density at radius 1 is 1.43 bits per heavy atom. The van der Waals surface area contributed by atoms with Crippen molar-refractivity contribution in [2.45, 2.75) is 6.54 Å². The Morgan fingerprint density at radius 3 is 2.57 bits per heavy atom. The summed E-state index contributed by atoms with van der Waals surface area (Å²) in [6, 6.07) is 0. The summed E-state index contributed by atoms with van der Waals surface area (Å²) in [4.78, 5) is 10.2. The van der Waals surface area contributed by atoms with E-state index < -0.39 is 0 Å². The molecule has 1 aromatic heterocycles. The highest BCUT2D eigenvalue weighted by atomic mass is 16.3. The lowest BCUT2D eigenvalue weighted by molar-refractivity contribution is 0.303. The summed E-state index contributed by atoms with van der Waals surface area (Å²) >= 11 is 0. The van der Waals surface area contributed by atoms with E-state index in [0.29, 0.717) is 12.5 Å². The molecule has 0 bridgehead atoms. The molecule has 14 heavy (non-hydrogen) atoms. The molecule has 0 fully saturated rings. The van der Waals surface area contributed by atoms with Crippen molar-refractivity contribution in [1.82, 2.24) is 15.3 Å². The fourth-order valence-corrected chi connectivity index (χ4v) is 1.09. The van der Waals surface area contributed by atoms with Gasteiger partial charge in [0.25, 0.3) is 0 Å². The van der Waals surface area contributed by atoms with Crippen LogP contribution in [0.25, 0.3) is 0 Å². The first-order valence-corrected chi connectivity index (χ1v) is 4.55. The minimum absolute atomic E-state index is 0.109. The van der Waals surface area contributed by atoms with Crippen molar-refractivity contribution in [3.8, 4) is 0 Å². The van der Waals surface area contributed by atoms with Gasteiger partial charge in [0.1, 0.15) is 0 Å². The number of aliphatic hydroxyl groups excluding tert-OH is 1. The Morgan fingerprint density at radius 2 is 2.07 bits per heavy atom. The number of hydrogen-bond donors (Lipinski definition) is 2. The summed E-state index contributed by atoms with van der Waals surface area (Å²) in [6.07, 6.45) is 3.57. The smallest absolute Gasteiger partial charge is 0.225 e. The van der Waals surface area contributed by atoms with Gasteiger partial charge in [-0.1, -0.05) is 0 Å². The number of aromatic nitrogens is 2. The van der Waals surface area contributed by atoms with E-state index >= 15 is 0 Å². The number of hydrogen-bond acceptors (Lipinski definition) is 5. The molecule has 0 radical (unpaired) electrons. The van der Waals surface area contributed by atoms with Crippen molar-refractivity contribution in [2.75, 3.05) is 32.1 Å². The van der Waals surface area contributed by atoms with Crippen molar-refractivity contribution in [2.24, 2.45) is 0 Å². The molecule has 1 rings (SSSR count). The van der Waals surface area contributed by atoms with Crippen molar-refractivity contribution >= 4 is 5.95 Å². The second kappa shape index (κ2) is 5.51. The van der Waals surface area contributed by atoms with Gasteiger partial charge in [-0.3, -0.25) is 0 Å². The third-order valence-electron chi connectivity index (χ3n) is 1.85. The highest BCUT2D eigenvalue weighted by Crippen LogP contribution is 2.03. The molecule has 0 atom stereocenters. The van der Waals surface area contributed by atoms with Crippen LogP contribution in [0.15, 0.2) is 12.4 Å². The van der Waals surface area contributed by atoms with Gasteiger partial charge in [-0.05, 0) is 7.05 Å². The van der Waals surface area contributed by atoms with Crippen molar-refractivity contribution in [3.05, 3.63) is 18.0 Å². The quantitative estimate of drug-likeness (QED) is 0.672. The van der Waals surface area contributed by atoms with Crippen LogP contribution in [0.3, 0.4) is 0 Å². The van der Waals surface area contributed by atoms with Gasteiger partial charge in [0, 0.05) is 38.1 Å². The molecule has 0 aliphatic heterocycles. The van der Waals surface area contributed by atoms with Gasteiger partial charge in [0.2, 0.25) is 5.95 Å². The largest absolute Gasteiger partial charge is 0.395 e. The molecule has 5 heteroatoms. The van der Waals surface area contributed by atoms with Gasteiger partial charge in [0.05, 0.1) is 6.61 Å². The van der Waals surface area contributed by atoms with E-state index in [9.17, 15) is 0 Å². The van der Waals surface area contributed by atoms with Crippen LogP contribution in [0.5, 0.6) is 0 Å². The van der Waals surface area contributed by atoms with Crippen LogP contribution in [0.4, 0.5) is 5.95 Å². The van der Waals surface area contributed by atoms with E-state index in [4.69, 9.17) is 5.11 Å². The Bertz CT molecular complexity index is 262. The summed E-state index contributed by atoms with van der Waals surface area (Å²) in [5.41, 5.74) is 1.05. The minimum Gasteiger partial charge on any atom is -0.395 e. The standard InChI is InChI=1S/C9H16N4O/c1-10-5-8-6-11-9(12-7-8)13(2)3-4-14/h6-7,10,14H,3-5H2,1-2H3. The number of nitrogens with one attached hydrogen (secondary N) is 1. The van der Waals surface area contributed by atoms with E-state index in [-0.39, 0.29) is 6.61 Å². The number of anilines is 1. The molecule has 1 aromatic rings. The highest BCUT2D eigenvalue weighted by Gasteiger charge is 2.02. The van der Waals surface area contributed by atoms with Gasteiger partial charge >= 0.3 is 0 Å². The zero-order valence-electron chi connectivity index (χ0n) is 8.56. The van der Waals surface area contributed by atoms with Crippen LogP contribution in [0, 0.1) is 0 Å². The first kappa shape index (κ1) is 10.9. The SMILES string of the molecule is CNCc1cnc(N(C)CCO)nc1. The first-order valence-electron chi connectivity index (χ1n) is 4.55. The molecule has 0 aliphatic rings. The average Bonchev–Trinajstić information content (AvgIpc) is 2.20. The number of aliphatic hydroxyl groups is 1. The summed E-state index contributed by atoms with van der Waals surface area (Å²) in [6.45, 7) is 1.42. The topological polar surface area (TPSA) is 61.3 Å². The minimum atomic E-state index is 0.109. The van der Waals surface area contributed by atoms with Gasteiger partial charge in [-0.15, -0.1) is 0 Å². The van der Waals surface area contributed by atoms with Crippen LogP contribution in [-0.4, -0.2) is 42.3 Å². The van der Waals surface area contributed by atoms with Crippen LogP contribution >= 0.6 is 0 Å². The second-order valence-electron chi connectivity index (χ2n) is 3.07. The fraction of sp³-hybridized carbons (Fsp3) is 0.556. The van der Waals surface area contributed by atoms with Crippen molar-refractivity contribution in [3.63, 3.8) is 0 Å². The predicted octanol–water partition coefficient (Wildman–Crippen LogP) is -0.376. The van der Waals surface area contributed by atoms with Gasteiger partial charge in [-0.25, -0.2) is 9.97 Å². The number of nitrogens with zero attached hydrogens (tertiary/aromatic N) is 3. The molecular weight excluding hydrogens is 180 g/mol. The lowest BCUT2D eigenvalue weighted by Crippen LogP contribution is -2.23. The lowest BCUT2D eigenvalue weighted by Gasteiger charge is -2.14. The normalized spacial score (nSPS) is 10.2. The van der Waals surface area contributed by atoms with Gasteiger partial charge < -0.3 is 15.3 Å². The van der Waals surface area contributed by atoms with Crippen LogP contribution < -0.4 is 10.2 Å². The monoisotopic (exact) mass is 196 g/mol. The maximum absolute atomic E-state index is 8.73. The van der Waals surface area contributed by atoms with E-state index in [1.54, 1.807) is 12.4 Å². The second-order valence-corrected chi connectivity index (χ2v) is 3.07. The molecule has 78 valence electrons. The Hall–Kier alpha value is -1.20. The third-order valence-corrected chi connectivity index (χ3v) is 1.85. The Kier molecular flexibility index (Phi) is 4.28. The molecule has 5 nitrogen and oxygen atoms in total. The Balaban J connectivity index is 2.62. The maximum atomic E-state index is 8.73. The maximum Gasteiger partial charge on any atom is 0.225 e. The summed E-state index contributed by atoms with van der Waals surface area (Å²) in [7, 11) is 3.73. The molecule has 1 heterocycles. The van der Waals surface area contributed by atoms with Crippen LogP contribution in [0.1, 0.15) is 5.56 Å². The lowest BCUT2D eigenvalue weighted by atomic mass is 10.3. The molecule has 0 unspecified atom stereocenters. The molecular formula is C9H16N4O. The Labute approximate surface area is 83.8 Å².